The highest BCUT2D eigenvalue weighted by Gasteiger charge is 2.27. The number of aromatic nitrogens is 1. The van der Waals surface area contributed by atoms with Crippen LogP contribution in [0.25, 0.3) is 0 Å². The van der Waals surface area contributed by atoms with Crippen LogP contribution in [0.4, 0.5) is 0 Å². The van der Waals surface area contributed by atoms with Crippen molar-refractivity contribution in [3.05, 3.63) is 23.4 Å². The van der Waals surface area contributed by atoms with Gasteiger partial charge in [0.2, 0.25) is 5.88 Å². The highest BCUT2D eigenvalue weighted by atomic mass is 16.5. The van der Waals surface area contributed by atoms with E-state index in [9.17, 15) is 9.90 Å². The van der Waals surface area contributed by atoms with Gasteiger partial charge < -0.3 is 14.9 Å². The Morgan fingerprint density at radius 3 is 2.72 bits per heavy atom. The molecule has 1 aliphatic rings. The van der Waals surface area contributed by atoms with Gasteiger partial charge in [-0.1, -0.05) is 12.8 Å². The molecule has 0 bridgehead atoms. The maximum Gasteiger partial charge on any atom is 0.341 e. The predicted molar refractivity (Wildman–Crippen MR) is 65.0 cm³/mol. The fourth-order valence-corrected chi connectivity index (χ4v) is 2.44. The van der Waals surface area contributed by atoms with E-state index in [1.54, 1.807) is 6.07 Å². The number of hydrogen-bond acceptors (Lipinski definition) is 4. The van der Waals surface area contributed by atoms with Crippen molar-refractivity contribution in [2.75, 3.05) is 7.11 Å². The van der Waals surface area contributed by atoms with E-state index in [0.29, 0.717) is 5.69 Å². The Morgan fingerprint density at radius 2 is 2.11 bits per heavy atom. The second-order valence-corrected chi connectivity index (χ2v) is 4.56. The first-order valence-electron chi connectivity index (χ1n) is 6.09. The van der Waals surface area contributed by atoms with Gasteiger partial charge in [-0.2, -0.15) is 0 Å². The molecule has 2 atom stereocenters. The third kappa shape index (κ3) is 2.46. The number of aliphatic hydroxyl groups excluding tert-OH is 1. The Hall–Kier alpha value is -1.62. The summed E-state index contributed by atoms with van der Waals surface area (Å²) in [6, 6.07) is 3.16. The van der Waals surface area contributed by atoms with E-state index in [1.807, 2.05) is 0 Å². The number of methoxy groups -OCH3 is 1. The van der Waals surface area contributed by atoms with Gasteiger partial charge in [-0.25, -0.2) is 9.78 Å². The minimum absolute atomic E-state index is 0.0181. The summed E-state index contributed by atoms with van der Waals surface area (Å²) in [5.41, 5.74) is 0.760. The van der Waals surface area contributed by atoms with E-state index in [0.717, 1.165) is 25.7 Å². The molecule has 0 spiro atoms. The van der Waals surface area contributed by atoms with Crippen LogP contribution in [0.2, 0.25) is 0 Å². The zero-order valence-electron chi connectivity index (χ0n) is 10.3. The molecular weight excluding hydrogens is 234 g/mol. The molecule has 1 aliphatic carbocycles. The molecule has 98 valence electrons. The van der Waals surface area contributed by atoms with Crippen LogP contribution in [0.15, 0.2) is 12.1 Å². The van der Waals surface area contributed by atoms with E-state index < -0.39 is 12.1 Å². The minimum Gasteiger partial charge on any atom is -0.480 e. The second kappa shape index (κ2) is 5.35. The molecule has 2 N–H and O–H groups in total. The molecule has 5 heteroatoms. The first-order valence-corrected chi connectivity index (χ1v) is 6.09. The molecule has 18 heavy (non-hydrogen) atoms. The van der Waals surface area contributed by atoms with Crippen LogP contribution in [0.5, 0.6) is 5.88 Å². The van der Waals surface area contributed by atoms with Gasteiger partial charge in [0.1, 0.15) is 5.56 Å². The molecule has 2 rings (SSSR count). The Kier molecular flexibility index (Phi) is 3.81. The third-order valence-corrected chi connectivity index (χ3v) is 3.41. The summed E-state index contributed by atoms with van der Waals surface area (Å²) in [7, 11) is 1.40. The van der Waals surface area contributed by atoms with E-state index in [1.165, 1.54) is 13.2 Å². The number of rotatable bonds is 3. The van der Waals surface area contributed by atoms with E-state index in [4.69, 9.17) is 9.84 Å². The molecule has 2 unspecified atom stereocenters. The highest BCUT2D eigenvalue weighted by molar-refractivity contribution is 5.90. The lowest BCUT2D eigenvalue weighted by Crippen LogP contribution is -2.23. The number of carboxylic acid groups (broad SMARTS) is 1. The number of aliphatic hydroxyl groups is 1. The van der Waals surface area contributed by atoms with Crippen LogP contribution in [-0.4, -0.2) is 34.4 Å². The summed E-state index contributed by atoms with van der Waals surface area (Å²) in [5.74, 6) is -0.969. The molecule has 0 aliphatic heterocycles. The summed E-state index contributed by atoms with van der Waals surface area (Å²) >= 11 is 0. The first-order chi connectivity index (χ1) is 8.63. The molecule has 1 aromatic rings. The summed E-state index contributed by atoms with van der Waals surface area (Å²) in [4.78, 5) is 15.2. The fourth-order valence-electron chi connectivity index (χ4n) is 2.44. The van der Waals surface area contributed by atoms with Crippen LogP contribution in [0.3, 0.4) is 0 Å². The summed E-state index contributed by atoms with van der Waals surface area (Å²) in [5, 5.41) is 18.9. The summed E-state index contributed by atoms with van der Waals surface area (Å²) in [6.45, 7) is 0. The Bertz CT molecular complexity index is 447. The van der Waals surface area contributed by atoms with Gasteiger partial charge in [0.25, 0.3) is 0 Å². The average Bonchev–Trinajstić information content (AvgIpc) is 2.38. The van der Waals surface area contributed by atoms with Crippen molar-refractivity contribution >= 4 is 5.97 Å². The van der Waals surface area contributed by atoms with Crippen molar-refractivity contribution in [1.82, 2.24) is 4.98 Å². The molecule has 1 heterocycles. The maximum absolute atomic E-state index is 11.0. The Labute approximate surface area is 105 Å². The number of aromatic carboxylic acids is 1. The molecule has 0 radical (unpaired) electrons. The van der Waals surface area contributed by atoms with Gasteiger partial charge in [0, 0.05) is 5.92 Å². The molecule has 0 aromatic carbocycles. The van der Waals surface area contributed by atoms with Crippen LogP contribution in [-0.2, 0) is 0 Å². The number of carbonyl (C=O) groups is 1. The zero-order chi connectivity index (χ0) is 13.1. The van der Waals surface area contributed by atoms with Gasteiger partial charge >= 0.3 is 5.97 Å². The van der Waals surface area contributed by atoms with Gasteiger partial charge in [-0.05, 0) is 25.0 Å². The lowest BCUT2D eigenvalue weighted by atomic mass is 9.84. The van der Waals surface area contributed by atoms with Gasteiger partial charge in [0.05, 0.1) is 18.9 Å². The number of hydrogen-bond donors (Lipinski definition) is 2. The third-order valence-electron chi connectivity index (χ3n) is 3.41. The fraction of sp³-hybridized carbons (Fsp3) is 0.538. The number of pyridine rings is 1. The topological polar surface area (TPSA) is 79.7 Å². The lowest BCUT2D eigenvalue weighted by molar-refractivity contribution is 0.0692. The monoisotopic (exact) mass is 251 g/mol. The van der Waals surface area contributed by atoms with Crippen LogP contribution < -0.4 is 4.74 Å². The second-order valence-electron chi connectivity index (χ2n) is 4.56. The predicted octanol–water partition coefficient (Wildman–Crippen LogP) is 1.81. The largest absolute Gasteiger partial charge is 0.480 e. The number of carboxylic acids is 1. The van der Waals surface area contributed by atoms with Crippen molar-refractivity contribution in [2.24, 2.45) is 0 Å². The van der Waals surface area contributed by atoms with E-state index in [2.05, 4.69) is 4.98 Å². The molecule has 0 saturated heterocycles. The molecular formula is C13H17NO4. The number of nitrogens with zero attached hydrogens (tertiary/aromatic N) is 1. The summed E-state index contributed by atoms with van der Waals surface area (Å²) in [6.07, 6.45) is 3.35. The number of ether oxygens (including phenoxy) is 1. The highest BCUT2D eigenvalue weighted by Crippen LogP contribution is 2.33. The van der Waals surface area contributed by atoms with Crippen LogP contribution in [0.1, 0.15) is 47.7 Å². The summed E-state index contributed by atoms with van der Waals surface area (Å²) < 4.78 is 5.00. The maximum atomic E-state index is 11.0. The Balaban J connectivity index is 2.31. The minimum atomic E-state index is -1.06. The van der Waals surface area contributed by atoms with Gasteiger partial charge in [-0.15, -0.1) is 0 Å². The standard InChI is InChI=1S/C13H17NO4/c1-18-12-9(13(16)17)6-7-10(14-12)8-4-2-3-5-11(8)15/h6-8,11,15H,2-5H2,1H3,(H,16,17). The first kappa shape index (κ1) is 12.8. The van der Waals surface area contributed by atoms with Crippen molar-refractivity contribution in [2.45, 2.75) is 37.7 Å². The van der Waals surface area contributed by atoms with Crippen molar-refractivity contribution in [1.29, 1.82) is 0 Å². The van der Waals surface area contributed by atoms with E-state index in [-0.39, 0.29) is 17.4 Å². The molecule has 1 saturated carbocycles. The van der Waals surface area contributed by atoms with Crippen molar-refractivity contribution < 1.29 is 19.7 Å². The van der Waals surface area contributed by atoms with Crippen LogP contribution >= 0.6 is 0 Å². The normalized spacial score (nSPS) is 23.7. The SMILES string of the molecule is COc1nc(C2CCCCC2O)ccc1C(=O)O. The lowest BCUT2D eigenvalue weighted by Gasteiger charge is -2.27. The molecule has 1 aromatic heterocycles. The van der Waals surface area contributed by atoms with Gasteiger partial charge in [-0.3, -0.25) is 0 Å². The quantitative estimate of drug-likeness (QED) is 0.856. The molecule has 0 amide bonds. The van der Waals surface area contributed by atoms with Crippen molar-refractivity contribution in [3.8, 4) is 5.88 Å². The zero-order valence-corrected chi connectivity index (χ0v) is 10.3. The van der Waals surface area contributed by atoms with Gasteiger partial charge in [0.15, 0.2) is 0 Å². The Morgan fingerprint density at radius 1 is 1.39 bits per heavy atom. The van der Waals surface area contributed by atoms with Crippen LogP contribution in [0, 0.1) is 0 Å². The van der Waals surface area contributed by atoms with Crippen molar-refractivity contribution in [3.63, 3.8) is 0 Å². The van der Waals surface area contributed by atoms with E-state index >= 15 is 0 Å². The molecule has 5 nitrogen and oxygen atoms in total. The molecule has 1 fully saturated rings. The average molecular weight is 251 g/mol. The smallest absolute Gasteiger partial charge is 0.341 e.